The second-order valence-electron chi connectivity index (χ2n) is 7.10. The summed E-state index contributed by atoms with van der Waals surface area (Å²) < 4.78 is 2.58. The molecule has 0 unspecified atom stereocenters. The zero-order valence-corrected chi connectivity index (χ0v) is 17.6. The number of aromatic nitrogens is 5. The van der Waals surface area contributed by atoms with Crippen molar-refractivity contribution in [3.05, 3.63) is 35.7 Å². The van der Waals surface area contributed by atoms with Crippen LogP contribution >= 0.6 is 22.9 Å². The lowest BCUT2D eigenvalue weighted by Crippen LogP contribution is -2.21. The van der Waals surface area contributed by atoms with Gasteiger partial charge < -0.3 is 16.4 Å². The zero-order valence-electron chi connectivity index (χ0n) is 16.1. The maximum atomic E-state index is 12.0. The van der Waals surface area contributed by atoms with Gasteiger partial charge in [0.25, 0.3) is 0 Å². The summed E-state index contributed by atoms with van der Waals surface area (Å²) in [7, 11) is 0. The highest BCUT2D eigenvalue weighted by molar-refractivity contribution is 7.22. The molecule has 2 amide bonds. The van der Waals surface area contributed by atoms with Crippen LogP contribution in [0.15, 0.2) is 30.7 Å². The van der Waals surface area contributed by atoms with Crippen LogP contribution in [0, 0.1) is 5.92 Å². The molecule has 158 valence electrons. The molecule has 0 saturated heterocycles. The number of carbonyl (C=O) groups is 2. The highest BCUT2D eigenvalue weighted by atomic mass is 35.5. The summed E-state index contributed by atoms with van der Waals surface area (Å²) in [6, 6.07) is 5.18. The molecule has 10 nitrogen and oxygen atoms in total. The summed E-state index contributed by atoms with van der Waals surface area (Å²) in [6.07, 6.45) is 5.16. The molecule has 0 aliphatic heterocycles. The van der Waals surface area contributed by atoms with E-state index in [0.29, 0.717) is 38.6 Å². The average molecular weight is 457 g/mol. The van der Waals surface area contributed by atoms with Gasteiger partial charge in [-0.25, -0.2) is 9.97 Å². The number of hydrogen-bond donors (Lipinski definition) is 4. The quantitative estimate of drug-likeness (QED) is 0.351. The van der Waals surface area contributed by atoms with Crippen molar-refractivity contribution in [1.82, 2.24) is 24.7 Å². The van der Waals surface area contributed by atoms with Gasteiger partial charge in [0.15, 0.2) is 16.6 Å². The number of H-pyrrole nitrogens is 1. The number of nitrogens with one attached hydrogen (secondary N) is 3. The third kappa shape index (κ3) is 3.78. The van der Waals surface area contributed by atoms with Crippen molar-refractivity contribution >= 4 is 55.9 Å². The number of amides is 2. The van der Waals surface area contributed by atoms with E-state index in [1.54, 1.807) is 35.3 Å². The van der Waals surface area contributed by atoms with Gasteiger partial charge in [0.1, 0.15) is 11.0 Å². The van der Waals surface area contributed by atoms with E-state index in [1.165, 1.54) is 11.3 Å². The van der Waals surface area contributed by atoms with E-state index in [-0.39, 0.29) is 24.3 Å². The normalized spacial score (nSPS) is 13.5. The number of benzene rings is 1. The number of fused-ring (bicyclic) bond motifs is 1. The standard InChI is InChI=1S/C19H17ClN8O2S/c20-12-5-10(23-14(29)6-21)3-4-11(12)13-7-22-8-28(13)17-15-16(26-27-17)24-19(31-15)25-18(30)9-1-2-9/h3-5,7-9H,1-2,6,21H2,(H,23,29)(H2,24,25,26,27,30). The van der Waals surface area contributed by atoms with E-state index in [1.807, 2.05) is 0 Å². The number of rotatable bonds is 6. The Morgan fingerprint density at radius 1 is 1.32 bits per heavy atom. The second-order valence-corrected chi connectivity index (χ2v) is 8.51. The fourth-order valence-corrected chi connectivity index (χ4v) is 4.33. The summed E-state index contributed by atoms with van der Waals surface area (Å²) in [5, 5.41) is 13.8. The molecule has 3 aromatic heterocycles. The molecule has 0 radical (unpaired) electrons. The van der Waals surface area contributed by atoms with Crippen LogP contribution in [0.4, 0.5) is 10.8 Å². The molecule has 12 heteroatoms. The minimum Gasteiger partial charge on any atom is -0.325 e. The highest BCUT2D eigenvalue weighted by Gasteiger charge is 2.30. The van der Waals surface area contributed by atoms with Crippen LogP contribution < -0.4 is 16.4 Å². The monoisotopic (exact) mass is 456 g/mol. The summed E-state index contributed by atoms with van der Waals surface area (Å²) in [5.41, 5.74) is 7.90. The van der Waals surface area contributed by atoms with E-state index in [9.17, 15) is 9.59 Å². The minimum absolute atomic E-state index is 0.00262. The van der Waals surface area contributed by atoms with Gasteiger partial charge in [-0.2, -0.15) is 5.10 Å². The van der Waals surface area contributed by atoms with Crippen molar-refractivity contribution in [2.24, 2.45) is 11.7 Å². The van der Waals surface area contributed by atoms with Crippen LogP contribution in [0.1, 0.15) is 12.8 Å². The topological polar surface area (TPSA) is 144 Å². The van der Waals surface area contributed by atoms with Crippen molar-refractivity contribution in [2.75, 3.05) is 17.2 Å². The van der Waals surface area contributed by atoms with Gasteiger partial charge in [0, 0.05) is 17.2 Å². The summed E-state index contributed by atoms with van der Waals surface area (Å²) in [6.45, 7) is -0.112. The molecule has 0 spiro atoms. The maximum absolute atomic E-state index is 12.0. The Labute approximate surface area is 184 Å². The lowest BCUT2D eigenvalue weighted by Gasteiger charge is -2.10. The van der Waals surface area contributed by atoms with E-state index < -0.39 is 0 Å². The van der Waals surface area contributed by atoms with Crippen molar-refractivity contribution < 1.29 is 9.59 Å². The number of nitrogens with zero attached hydrogens (tertiary/aromatic N) is 4. The third-order valence-corrected chi connectivity index (χ3v) is 6.14. The molecule has 1 fully saturated rings. The van der Waals surface area contributed by atoms with Crippen LogP contribution in [0.2, 0.25) is 5.02 Å². The van der Waals surface area contributed by atoms with Gasteiger partial charge in [0.2, 0.25) is 11.8 Å². The molecule has 1 aliphatic rings. The maximum Gasteiger partial charge on any atom is 0.238 e. The zero-order chi connectivity index (χ0) is 21.5. The molecule has 5 rings (SSSR count). The summed E-state index contributed by atoms with van der Waals surface area (Å²) >= 11 is 7.83. The second kappa shape index (κ2) is 7.76. The highest BCUT2D eigenvalue weighted by Crippen LogP contribution is 2.36. The molecule has 1 aromatic carbocycles. The minimum atomic E-state index is -0.303. The Bertz CT molecular complexity index is 1310. The van der Waals surface area contributed by atoms with Crippen LogP contribution in [0.25, 0.3) is 27.4 Å². The number of anilines is 2. The van der Waals surface area contributed by atoms with E-state index in [2.05, 4.69) is 30.8 Å². The summed E-state index contributed by atoms with van der Waals surface area (Å²) in [5.74, 6) is 0.397. The molecule has 3 heterocycles. The lowest BCUT2D eigenvalue weighted by molar-refractivity contribution is -0.117. The van der Waals surface area contributed by atoms with Crippen LogP contribution in [0.5, 0.6) is 0 Å². The fraction of sp³-hybridized carbons (Fsp3) is 0.211. The van der Waals surface area contributed by atoms with Gasteiger partial charge in [-0.15, -0.1) is 0 Å². The summed E-state index contributed by atoms with van der Waals surface area (Å²) in [4.78, 5) is 32.2. The Morgan fingerprint density at radius 3 is 2.90 bits per heavy atom. The Balaban J connectivity index is 1.47. The SMILES string of the molecule is NCC(=O)Nc1ccc(-c2cncn2-c2n[nH]c3nc(NC(=O)C4CC4)sc23)c(Cl)c1. The van der Waals surface area contributed by atoms with Crippen LogP contribution in [-0.4, -0.2) is 43.1 Å². The van der Waals surface area contributed by atoms with Crippen molar-refractivity contribution in [2.45, 2.75) is 12.8 Å². The fourth-order valence-electron chi connectivity index (χ4n) is 3.15. The molecule has 5 N–H and O–H groups in total. The van der Waals surface area contributed by atoms with Gasteiger partial charge >= 0.3 is 0 Å². The first kappa shape index (κ1) is 19.7. The van der Waals surface area contributed by atoms with Crippen LogP contribution in [0.3, 0.4) is 0 Å². The molecule has 4 aromatic rings. The van der Waals surface area contributed by atoms with Gasteiger partial charge in [-0.1, -0.05) is 22.9 Å². The largest absolute Gasteiger partial charge is 0.325 e. The number of thiazole rings is 1. The number of aromatic amines is 1. The van der Waals surface area contributed by atoms with Crippen LogP contribution in [-0.2, 0) is 9.59 Å². The first-order chi connectivity index (χ1) is 15.0. The predicted molar refractivity (Wildman–Crippen MR) is 118 cm³/mol. The van der Waals surface area contributed by atoms with Gasteiger partial charge in [-0.3, -0.25) is 19.3 Å². The van der Waals surface area contributed by atoms with Crippen molar-refractivity contribution in [3.8, 4) is 17.1 Å². The molecular formula is C19H17ClN8O2S. The number of hydrogen-bond acceptors (Lipinski definition) is 7. The number of halogens is 1. The molecule has 1 aliphatic carbocycles. The lowest BCUT2D eigenvalue weighted by atomic mass is 10.1. The number of imidazole rings is 1. The Kier molecular flexibility index (Phi) is 4.93. The van der Waals surface area contributed by atoms with Crippen molar-refractivity contribution in [3.63, 3.8) is 0 Å². The molecule has 0 atom stereocenters. The Hall–Kier alpha value is -3.28. The van der Waals surface area contributed by atoms with Gasteiger partial charge in [-0.05, 0) is 31.0 Å². The van der Waals surface area contributed by atoms with E-state index in [4.69, 9.17) is 17.3 Å². The molecule has 0 bridgehead atoms. The average Bonchev–Trinajstić information content (AvgIpc) is 3.19. The predicted octanol–water partition coefficient (Wildman–Crippen LogP) is 2.77. The van der Waals surface area contributed by atoms with E-state index >= 15 is 0 Å². The first-order valence-corrected chi connectivity index (χ1v) is 10.7. The third-order valence-electron chi connectivity index (χ3n) is 4.86. The Morgan fingerprint density at radius 2 is 2.16 bits per heavy atom. The van der Waals surface area contributed by atoms with Crippen molar-refractivity contribution in [1.29, 1.82) is 0 Å². The molecule has 1 saturated carbocycles. The molecular weight excluding hydrogens is 440 g/mol. The molecule has 31 heavy (non-hydrogen) atoms. The number of nitrogens with two attached hydrogens (primary N) is 1. The smallest absolute Gasteiger partial charge is 0.238 e. The van der Waals surface area contributed by atoms with Gasteiger partial charge in [0.05, 0.1) is 23.5 Å². The first-order valence-electron chi connectivity index (χ1n) is 9.52. The number of carbonyl (C=O) groups excluding carboxylic acids is 2. The van der Waals surface area contributed by atoms with E-state index in [0.717, 1.165) is 17.5 Å².